The number of rotatable bonds is 8. The number of hydrogen-bond donors (Lipinski definition) is 1. The van der Waals surface area contributed by atoms with Crippen LogP contribution in [0, 0.1) is 5.92 Å². The molecule has 1 aromatic heterocycles. The van der Waals surface area contributed by atoms with Crippen molar-refractivity contribution in [3.8, 4) is 0 Å². The third-order valence-corrected chi connectivity index (χ3v) is 9.45. The van der Waals surface area contributed by atoms with E-state index in [1.807, 2.05) is 66.7 Å². The van der Waals surface area contributed by atoms with Crippen LogP contribution in [0.5, 0.6) is 0 Å². The lowest BCUT2D eigenvalue weighted by atomic mass is 9.67. The van der Waals surface area contributed by atoms with Crippen molar-refractivity contribution < 1.29 is 18.0 Å². The van der Waals surface area contributed by atoms with Gasteiger partial charge >= 0.3 is 0 Å². The van der Waals surface area contributed by atoms with Crippen LogP contribution < -0.4 is 9.62 Å². The third-order valence-electron chi connectivity index (χ3n) is 8.32. The maximum absolute atomic E-state index is 13.6. The van der Waals surface area contributed by atoms with Gasteiger partial charge in [-0.2, -0.15) is 0 Å². The van der Waals surface area contributed by atoms with E-state index in [4.69, 9.17) is 0 Å². The van der Waals surface area contributed by atoms with Crippen LogP contribution in [0.15, 0.2) is 79.1 Å². The molecule has 3 aromatic rings. The van der Waals surface area contributed by atoms with E-state index >= 15 is 0 Å². The molecule has 0 radical (unpaired) electrons. The zero-order valence-corrected chi connectivity index (χ0v) is 23.8. The molecule has 0 saturated heterocycles. The Hall–Kier alpha value is -3.72. The number of fused-ring (bicyclic) bond motifs is 2. The number of sulfonamides is 1. The van der Waals surface area contributed by atoms with Gasteiger partial charge in [0.15, 0.2) is 0 Å². The molecule has 2 aromatic carbocycles. The van der Waals surface area contributed by atoms with E-state index in [0.717, 1.165) is 22.4 Å². The van der Waals surface area contributed by atoms with Crippen LogP contribution in [0.25, 0.3) is 0 Å². The molecular formula is C31H36N4O4S. The number of anilines is 1. The fourth-order valence-electron chi connectivity index (χ4n) is 6.19. The second kappa shape index (κ2) is 11.4. The zero-order chi connectivity index (χ0) is 28.3. The summed E-state index contributed by atoms with van der Waals surface area (Å²) in [4.78, 5) is 33.0. The highest BCUT2D eigenvalue weighted by Crippen LogP contribution is 2.50. The smallest absolute Gasteiger partial charge is 0.245 e. The van der Waals surface area contributed by atoms with Gasteiger partial charge in [-0.1, -0.05) is 54.6 Å². The summed E-state index contributed by atoms with van der Waals surface area (Å²) < 4.78 is 26.6. The molecular weight excluding hydrogens is 524 g/mol. The Balaban J connectivity index is 1.28. The molecule has 1 aliphatic carbocycles. The van der Waals surface area contributed by atoms with Crippen LogP contribution in [0.1, 0.15) is 42.4 Å². The van der Waals surface area contributed by atoms with E-state index in [1.54, 1.807) is 24.3 Å². The molecule has 1 fully saturated rings. The predicted octanol–water partition coefficient (Wildman–Crippen LogP) is 3.68. The van der Waals surface area contributed by atoms with Crippen LogP contribution in [-0.2, 0) is 38.0 Å². The lowest BCUT2D eigenvalue weighted by Gasteiger charge is -2.37. The molecule has 0 bridgehead atoms. The molecule has 2 aliphatic rings. The van der Waals surface area contributed by atoms with Gasteiger partial charge in [0.25, 0.3) is 0 Å². The third kappa shape index (κ3) is 5.89. The van der Waals surface area contributed by atoms with E-state index in [2.05, 4.69) is 10.3 Å². The zero-order valence-electron chi connectivity index (χ0n) is 23.0. The molecule has 2 amide bonds. The van der Waals surface area contributed by atoms with Crippen molar-refractivity contribution in [3.05, 3.63) is 95.8 Å². The maximum atomic E-state index is 13.6. The van der Waals surface area contributed by atoms with Crippen molar-refractivity contribution >= 4 is 27.5 Å². The number of carbonyl (C=O) groups excluding carboxylic acids is 2. The molecule has 1 atom stereocenters. The molecule has 1 aliphatic heterocycles. The highest BCUT2D eigenvalue weighted by Gasteiger charge is 2.48. The normalized spacial score (nSPS) is 21.1. The predicted molar refractivity (Wildman–Crippen MR) is 155 cm³/mol. The number of hydrogen-bond acceptors (Lipinski definition) is 5. The number of likely N-dealkylation sites (N-methyl/N-ethyl adjacent to an activating group) is 1. The minimum absolute atomic E-state index is 0.128. The van der Waals surface area contributed by atoms with Gasteiger partial charge in [0, 0.05) is 50.3 Å². The average molecular weight is 561 g/mol. The minimum Gasteiger partial charge on any atom is -0.344 e. The summed E-state index contributed by atoms with van der Waals surface area (Å²) in [5.41, 5.74) is 3.39. The van der Waals surface area contributed by atoms with Gasteiger partial charge in [0.05, 0.1) is 11.9 Å². The average Bonchev–Trinajstić information content (AvgIpc) is 3.28. The second-order valence-corrected chi connectivity index (χ2v) is 13.1. The Bertz CT molecular complexity index is 1450. The van der Waals surface area contributed by atoms with Crippen molar-refractivity contribution in [1.29, 1.82) is 0 Å². The van der Waals surface area contributed by atoms with Crippen LogP contribution in [0.2, 0.25) is 0 Å². The van der Waals surface area contributed by atoms with E-state index in [1.165, 1.54) is 10.6 Å². The fraction of sp³-hybridized carbons (Fsp3) is 0.387. The van der Waals surface area contributed by atoms with Crippen LogP contribution in [0.3, 0.4) is 0 Å². The monoisotopic (exact) mass is 560 g/mol. The first-order valence-electron chi connectivity index (χ1n) is 13.7. The number of pyridine rings is 1. The number of nitrogens with one attached hydrogen (secondary N) is 1. The molecule has 40 heavy (non-hydrogen) atoms. The SMILES string of the molecule is CN(Cc1ccccc1)C(=O)[C@H](Cc1cccnc1)NC(=O)C1CCC2(CC1)CN(S(C)(=O)=O)c1ccccc12. The summed E-state index contributed by atoms with van der Waals surface area (Å²) in [5.74, 6) is -0.521. The van der Waals surface area contributed by atoms with Crippen LogP contribution in [-0.4, -0.2) is 56.0 Å². The van der Waals surface area contributed by atoms with E-state index < -0.39 is 16.1 Å². The maximum Gasteiger partial charge on any atom is 0.245 e. The summed E-state index contributed by atoms with van der Waals surface area (Å²) in [7, 11) is -1.64. The summed E-state index contributed by atoms with van der Waals surface area (Å²) in [6.45, 7) is 0.854. The van der Waals surface area contributed by atoms with Gasteiger partial charge < -0.3 is 10.2 Å². The van der Waals surface area contributed by atoms with Crippen LogP contribution in [0.4, 0.5) is 5.69 Å². The summed E-state index contributed by atoms with van der Waals surface area (Å²) in [5, 5.41) is 3.07. The molecule has 9 heteroatoms. The lowest BCUT2D eigenvalue weighted by Crippen LogP contribution is -2.51. The molecule has 1 spiro atoms. The summed E-state index contributed by atoms with van der Waals surface area (Å²) in [6, 6.07) is 20.5. The van der Waals surface area contributed by atoms with Gasteiger partial charge in [-0.3, -0.25) is 18.9 Å². The van der Waals surface area contributed by atoms with Crippen molar-refractivity contribution in [2.75, 3.05) is 24.2 Å². The Kier molecular flexibility index (Phi) is 7.94. The van der Waals surface area contributed by atoms with Gasteiger partial charge in [0.1, 0.15) is 6.04 Å². The summed E-state index contributed by atoms with van der Waals surface area (Å²) >= 11 is 0. The Labute approximate surface area is 236 Å². The largest absolute Gasteiger partial charge is 0.344 e. The molecule has 8 nitrogen and oxygen atoms in total. The topological polar surface area (TPSA) is 99.7 Å². The Morgan fingerprint density at radius 1 is 1.02 bits per heavy atom. The van der Waals surface area contributed by atoms with E-state index in [0.29, 0.717) is 45.2 Å². The number of aromatic nitrogens is 1. The number of benzene rings is 2. The van der Waals surface area contributed by atoms with Gasteiger partial charge in [-0.15, -0.1) is 0 Å². The molecule has 1 saturated carbocycles. The van der Waals surface area contributed by atoms with Crippen molar-refractivity contribution in [3.63, 3.8) is 0 Å². The number of amides is 2. The molecule has 210 valence electrons. The first kappa shape index (κ1) is 27.8. The van der Waals surface area contributed by atoms with Crippen molar-refractivity contribution in [1.82, 2.24) is 15.2 Å². The molecule has 0 unspecified atom stereocenters. The van der Waals surface area contributed by atoms with Crippen molar-refractivity contribution in [2.45, 2.75) is 50.1 Å². The first-order valence-corrected chi connectivity index (χ1v) is 15.6. The van der Waals surface area contributed by atoms with Crippen molar-refractivity contribution in [2.24, 2.45) is 5.92 Å². The summed E-state index contributed by atoms with van der Waals surface area (Å²) in [6.07, 6.45) is 7.69. The highest BCUT2D eigenvalue weighted by molar-refractivity contribution is 7.92. The first-order chi connectivity index (χ1) is 19.2. The lowest BCUT2D eigenvalue weighted by molar-refractivity contribution is -0.137. The number of nitrogens with zero attached hydrogens (tertiary/aromatic N) is 3. The Morgan fingerprint density at radius 3 is 2.38 bits per heavy atom. The quantitative estimate of drug-likeness (QED) is 0.453. The van der Waals surface area contributed by atoms with Crippen LogP contribution >= 0.6 is 0 Å². The Morgan fingerprint density at radius 2 is 1.70 bits per heavy atom. The van der Waals surface area contributed by atoms with E-state index in [9.17, 15) is 18.0 Å². The minimum atomic E-state index is -3.40. The number of carbonyl (C=O) groups is 2. The highest BCUT2D eigenvalue weighted by atomic mass is 32.2. The van der Waals surface area contributed by atoms with Gasteiger partial charge in [-0.05, 0) is 54.5 Å². The number of para-hydroxylation sites is 1. The molecule has 2 heterocycles. The fourth-order valence-corrected chi connectivity index (χ4v) is 7.18. The molecule has 5 rings (SSSR count). The molecule has 1 N–H and O–H groups in total. The van der Waals surface area contributed by atoms with Gasteiger partial charge in [-0.25, -0.2) is 8.42 Å². The van der Waals surface area contributed by atoms with Gasteiger partial charge in [0.2, 0.25) is 21.8 Å². The second-order valence-electron chi connectivity index (χ2n) is 11.1. The standard InChI is InChI=1S/C31H36N4O4S/c1-34(21-23-9-4-3-5-10-23)30(37)27(19-24-11-8-18-32-20-24)33-29(36)25-14-16-31(17-15-25)22-35(40(2,38)39)28-13-7-6-12-26(28)31/h3-13,18,20,25,27H,14-17,19,21-22H2,1-2H3,(H,33,36)/t25?,27-,31?/m0/s1. The van der Waals surface area contributed by atoms with E-state index in [-0.39, 0.29) is 23.1 Å².